The Morgan fingerprint density at radius 1 is 0.328 bits per heavy atom. The molecule has 0 aromatic heterocycles. The first-order chi connectivity index (χ1) is 31.5. The maximum Gasteiger partial charge on any atom is 0.306 e. The summed E-state index contributed by atoms with van der Waals surface area (Å²) in [7, 11) is 0. The summed E-state index contributed by atoms with van der Waals surface area (Å²) in [5, 5.41) is 0. The minimum Gasteiger partial charge on any atom is -0.462 e. The third kappa shape index (κ3) is 48.3. The predicted molar refractivity (Wildman–Crippen MR) is 274 cm³/mol. The van der Waals surface area contributed by atoms with Gasteiger partial charge in [-0.25, -0.2) is 0 Å². The monoisotopic (exact) mass is 881 g/mol. The number of carbonyl (C=O) groups is 3. The van der Waals surface area contributed by atoms with Gasteiger partial charge < -0.3 is 14.2 Å². The molecule has 6 heteroatoms. The fourth-order valence-corrected chi connectivity index (χ4v) is 6.13. The van der Waals surface area contributed by atoms with E-state index in [-0.39, 0.29) is 37.5 Å². The summed E-state index contributed by atoms with van der Waals surface area (Å²) in [6.45, 7) is 6.19. The zero-order chi connectivity index (χ0) is 46.5. The van der Waals surface area contributed by atoms with E-state index in [1.807, 2.05) is 66.8 Å². The Morgan fingerprint density at radius 3 is 0.953 bits per heavy atom. The van der Waals surface area contributed by atoms with Gasteiger partial charge in [-0.1, -0.05) is 231 Å². The quantitative estimate of drug-likeness (QED) is 0.0263. The Bertz CT molecular complexity index is 1480. The topological polar surface area (TPSA) is 78.9 Å². The molecule has 0 saturated carbocycles. The number of unbranched alkanes of at least 4 members (excludes halogenated alkanes) is 16. The van der Waals surface area contributed by atoms with E-state index in [9.17, 15) is 14.4 Å². The van der Waals surface area contributed by atoms with Crippen molar-refractivity contribution < 1.29 is 28.6 Å². The van der Waals surface area contributed by atoms with Gasteiger partial charge in [-0.05, 0) is 77.0 Å². The molecule has 0 rings (SSSR count). The van der Waals surface area contributed by atoms with Crippen molar-refractivity contribution in [3.63, 3.8) is 0 Å². The Labute approximate surface area is 391 Å². The molecule has 0 aromatic rings. The summed E-state index contributed by atoms with van der Waals surface area (Å²) < 4.78 is 16.7. The van der Waals surface area contributed by atoms with Crippen molar-refractivity contribution in [2.75, 3.05) is 13.2 Å². The number of hydrogen-bond acceptors (Lipinski definition) is 6. The molecule has 0 heterocycles. The van der Waals surface area contributed by atoms with Crippen LogP contribution in [0, 0.1) is 0 Å². The van der Waals surface area contributed by atoms with Crippen LogP contribution in [-0.4, -0.2) is 37.2 Å². The summed E-state index contributed by atoms with van der Waals surface area (Å²) in [5.41, 5.74) is 0. The molecule has 0 fully saturated rings. The average molecular weight is 881 g/mol. The molecule has 0 amide bonds. The second-order valence-corrected chi connectivity index (χ2v) is 15.9. The number of rotatable bonds is 42. The van der Waals surface area contributed by atoms with Crippen LogP contribution in [0.2, 0.25) is 0 Å². The van der Waals surface area contributed by atoms with Crippen molar-refractivity contribution in [2.24, 2.45) is 0 Å². The lowest BCUT2D eigenvalue weighted by Crippen LogP contribution is -2.30. The third-order valence-electron chi connectivity index (χ3n) is 9.82. The smallest absolute Gasteiger partial charge is 0.306 e. The van der Waals surface area contributed by atoms with Gasteiger partial charge in [0.1, 0.15) is 13.2 Å². The first-order valence-corrected chi connectivity index (χ1v) is 25.0. The molecule has 0 N–H and O–H groups in total. The molecule has 1 unspecified atom stereocenters. The van der Waals surface area contributed by atoms with Gasteiger partial charge >= 0.3 is 17.9 Å². The van der Waals surface area contributed by atoms with Gasteiger partial charge in [0.2, 0.25) is 0 Å². The van der Waals surface area contributed by atoms with E-state index in [0.29, 0.717) is 12.8 Å². The molecule has 6 nitrogen and oxygen atoms in total. The Kier molecular flexibility index (Phi) is 47.2. The minimum atomic E-state index is -0.816. The molecular formula is C58H88O6. The molecule has 64 heavy (non-hydrogen) atoms. The van der Waals surface area contributed by atoms with Crippen molar-refractivity contribution in [1.82, 2.24) is 0 Å². The van der Waals surface area contributed by atoms with Crippen LogP contribution in [0.3, 0.4) is 0 Å². The maximum atomic E-state index is 12.8. The summed E-state index contributed by atoms with van der Waals surface area (Å²) in [4.78, 5) is 38.0. The lowest BCUT2D eigenvalue weighted by atomic mass is 10.1. The second kappa shape index (κ2) is 50.9. The van der Waals surface area contributed by atoms with Crippen LogP contribution in [0.1, 0.15) is 181 Å². The van der Waals surface area contributed by atoms with E-state index in [1.165, 1.54) is 6.42 Å². The van der Waals surface area contributed by atoms with Crippen LogP contribution in [-0.2, 0) is 28.6 Å². The van der Waals surface area contributed by atoms with Crippen LogP contribution in [0.4, 0.5) is 0 Å². The van der Waals surface area contributed by atoms with Gasteiger partial charge in [0, 0.05) is 19.3 Å². The van der Waals surface area contributed by atoms with Crippen LogP contribution < -0.4 is 0 Å². The number of carbonyl (C=O) groups excluding carboxylic acids is 3. The van der Waals surface area contributed by atoms with Gasteiger partial charge in [-0.2, -0.15) is 0 Å². The zero-order valence-electron chi connectivity index (χ0n) is 40.5. The standard InChI is InChI=1S/C58H88O6/c1-4-7-10-13-16-19-22-25-27-28-29-31-33-36-39-42-45-48-51-57(60)63-54-55(53-62-56(59)50-47-44-41-38-35-32-24-21-18-15-12-9-6-3)64-58(61)52-49-46-43-40-37-34-30-26-23-20-17-14-11-8-5-2/h8-31,55H,4-7,32-54H2,1-3H3/b11-8-,12-9-,13-10-,17-14-,18-15-,19-16-,23-20-,24-21-,25-22-,28-27-,30-26-,31-29-. The summed E-state index contributed by atoms with van der Waals surface area (Å²) in [6.07, 6.45) is 72.4. The van der Waals surface area contributed by atoms with Crippen LogP contribution in [0.25, 0.3) is 0 Å². The van der Waals surface area contributed by atoms with E-state index in [4.69, 9.17) is 14.2 Å². The number of esters is 3. The van der Waals surface area contributed by atoms with E-state index in [0.717, 1.165) is 135 Å². The molecule has 1 atom stereocenters. The summed E-state index contributed by atoms with van der Waals surface area (Å²) in [5.74, 6) is -0.995. The molecule has 0 saturated heterocycles. The van der Waals surface area contributed by atoms with Gasteiger partial charge in [0.25, 0.3) is 0 Å². The molecule has 0 spiro atoms. The SMILES string of the molecule is CC\C=C/C=C\C=C/C=C\CCCCCCCC(=O)OC(COC(=O)CCCCCCC\C=C/C=C\C=C/C=C\C=C/CCC)COC(=O)CCCCCCC\C=C/C=C\C=C/CC. The molecule has 0 radical (unpaired) electrons. The Balaban J connectivity index is 4.55. The molecule has 0 aliphatic heterocycles. The van der Waals surface area contributed by atoms with E-state index in [2.05, 4.69) is 99.8 Å². The van der Waals surface area contributed by atoms with Crippen molar-refractivity contribution in [3.05, 3.63) is 146 Å². The second-order valence-electron chi connectivity index (χ2n) is 15.9. The zero-order valence-corrected chi connectivity index (χ0v) is 40.5. The lowest BCUT2D eigenvalue weighted by Gasteiger charge is -2.18. The first-order valence-electron chi connectivity index (χ1n) is 25.0. The average Bonchev–Trinajstić information content (AvgIpc) is 3.29. The maximum absolute atomic E-state index is 12.8. The first kappa shape index (κ1) is 59.3. The highest BCUT2D eigenvalue weighted by atomic mass is 16.6. The molecule has 356 valence electrons. The fraction of sp³-hybridized carbons (Fsp3) is 0.534. The normalized spacial score (nSPS) is 13.4. The van der Waals surface area contributed by atoms with Crippen molar-refractivity contribution in [3.8, 4) is 0 Å². The van der Waals surface area contributed by atoms with Gasteiger partial charge in [0.15, 0.2) is 6.10 Å². The van der Waals surface area contributed by atoms with Crippen molar-refractivity contribution >= 4 is 17.9 Å². The largest absolute Gasteiger partial charge is 0.462 e. The highest BCUT2D eigenvalue weighted by molar-refractivity contribution is 5.71. The van der Waals surface area contributed by atoms with Crippen LogP contribution in [0.5, 0.6) is 0 Å². The van der Waals surface area contributed by atoms with E-state index in [1.54, 1.807) is 0 Å². The predicted octanol–water partition coefficient (Wildman–Crippen LogP) is 16.5. The summed E-state index contributed by atoms with van der Waals surface area (Å²) >= 11 is 0. The highest BCUT2D eigenvalue weighted by Gasteiger charge is 2.19. The number of ether oxygens (including phenoxy) is 3. The highest BCUT2D eigenvalue weighted by Crippen LogP contribution is 2.13. The van der Waals surface area contributed by atoms with Crippen LogP contribution in [0.15, 0.2) is 146 Å². The fourth-order valence-electron chi connectivity index (χ4n) is 6.13. The number of allylic oxidation sites excluding steroid dienone is 24. The number of hydrogen-bond donors (Lipinski definition) is 0. The van der Waals surface area contributed by atoms with Crippen molar-refractivity contribution in [1.29, 1.82) is 0 Å². The van der Waals surface area contributed by atoms with Crippen molar-refractivity contribution in [2.45, 2.75) is 187 Å². The van der Waals surface area contributed by atoms with Crippen LogP contribution >= 0.6 is 0 Å². The molecule has 0 aromatic carbocycles. The van der Waals surface area contributed by atoms with Gasteiger partial charge in [-0.15, -0.1) is 0 Å². The molecule has 0 aliphatic carbocycles. The Morgan fingerprint density at radius 2 is 0.609 bits per heavy atom. The lowest BCUT2D eigenvalue weighted by molar-refractivity contribution is -0.167. The van der Waals surface area contributed by atoms with E-state index >= 15 is 0 Å². The van der Waals surface area contributed by atoms with Gasteiger partial charge in [0.05, 0.1) is 0 Å². The Hall–Kier alpha value is -4.71. The third-order valence-corrected chi connectivity index (χ3v) is 9.82. The van der Waals surface area contributed by atoms with E-state index < -0.39 is 6.10 Å². The molecular weight excluding hydrogens is 793 g/mol. The molecule has 0 bridgehead atoms. The molecule has 0 aliphatic rings. The minimum absolute atomic E-state index is 0.114. The summed E-state index contributed by atoms with van der Waals surface area (Å²) in [6, 6.07) is 0. The van der Waals surface area contributed by atoms with Gasteiger partial charge in [-0.3, -0.25) is 14.4 Å².